The highest BCUT2D eigenvalue weighted by Crippen LogP contribution is 2.34. The summed E-state index contributed by atoms with van der Waals surface area (Å²) in [5.74, 6) is 1.34. The van der Waals surface area contributed by atoms with Crippen molar-refractivity contribution in [2.24, 2.45) is 0 Å². The quantitative estimate of drug-likeness (QED) is 0.878. The first-order chi connectivity index (χ1) is 11.1. The van der Waals surface area contributed by atoms with E-state index in [1.165, 1.54) is 5.56 Å². The zero-order valence-corrected chi connectivity index (χ0v) is 13.2. The maximum atomic E-state index is 12.1. The number of aryl methyl sites for hydroxylation is 1. The monoisotopic (exact) mass is 309 g/mol. The first-order valence-electron chi connectivity index (χ1n) is 7.56. The topological polar surface area (TPSA) is 47.6 Å². The summed E-state index contributed by atoms with van der Waals surface area (Å²) in [6, 6.07) is 13.6. The second-order valence-corrected chi connectivity index (χ2v) is 5.59. The van der Waals surface area contributed by atoms with Gasteiger partial charge < -0.3 is 14.8 Å². The van der Waals surface area contributed by atoms with Gasteiger partial charge in [-0.3, -0.25) is 4.79 Å². The minimum absolute atomic E-state index is 0.112. The first kappa shape index (κ1) is 15.2. The Labute approximate surface area is 135 Å². The lowest BCUT2D eigenvalue weighted by Gasteiger charge is -2.13. The van der Waals surface area contributed by atoms with Gasteiger partial charge in [0.2, 0.25) is 12.7 Å². The number of hydrogen-bond acceptors (Lipinski definition) is 3. The van der Waals surface area contributed by atoms with Gasteiger partial charge >= 0.3 is 0 Å². The Kier molecular flexibility index (Phi) is 4.33. The van der Waals surface area contributed by atoms with Gasteiger partial charge in [0.25, 0.3) is 0 Å². The molecule has 1 heterocycles. The molecule has 0 bridgehead atoms. The minimum atomic E-state index is -0.128. The number of hydrogen-bond donors (Lipinski definition) is 1. The summed E-state index contributed by atoms with van der Waals surface area (Å²) in [5.41, 5.74) is 3.16. The molecule has 0 aromatic heterocycles. The van der Waals surface area contributed by atoms with Gasteiger partial charge in [0.15, 0.2) is 11.5 Å². The van der Waals surface area contributed by atoms with Crippen molar-refractivity contribution in [3.8, 4) is 11.5 Å². The number of rotatable bonds is 4. The second-order valence-electron chi connectivity index (χ2n) is 5.59. The summed E-state index contributed by atoms with van der Waals surface area (Å²) in [6.07, 6.45) is 3.37. The molecular weight excluding hydrogens is 290 g/mol. The predicted octanol–water partition coefficient (Wildman–Crippen LogP) is 3.61. The van der Waals surface area contributed by atoms with Crippen LogP contribution in [0.4, 0.5) is 0 Å². The smallest absolute Gasteiger partial charge is 0.244 e. The standard InChI is InChI=1S/C19H19NO3/c1-13-4-3-5-15(10-13)6-9-19(21)20-14(2)16-7-8-17-18(11-16)23-12-22-17/h3-11,14H,12H2,1-2H3,(H,20,21). The normalized spacial score (nSPS) is 14.0. The fourth-order valence-corrected chi connectivity index (χ4v) is 2.47. The van der Waals surface area contributed by atoms with Crippen LogP contribution >= 0.6 is 0 Å². The van der Waals surface area contributed by atoms with Gasteiger partial charge in [-0.1, -0.05) is 35.9 Å². The molecule has 1 aliphatic heterocycles. The summed E-state index contributed by atoms with van der Waals surface area (Å²) in [4.78, 5) is 12.1. The van der Waals surface area contributed by atoms with Crippen LogP contribution in [-0.2, 0) is 4.79 Å². The van der Waals surface area contributed by atoms with Crippen LogP contribution < -0.4 is 14.8 Å². The average molecular weight is 309 g/mol. The zero-order valence-electron chi connectivity index (χ0n) is 13.2. The predicted molar refractivity (Wildman–Crippen MR) is 89.3 cm³/mol. The molecule has 0 aliphatic carbocycles. The highest BCUT2D eigenvalue weighted by molar-refractivity contribution is 5.92. The van der Waals surface area contributed by atoms with Crippen LogP contribution in [0.2, 0.25) is 0 Å². The molecule has 0 radical (unpaired) electrons. The van der Waals surface area contributed by atoms with E-state index in [0.29, 0.717) is 0 Å². The molecule has 1 amide bonds. The molecule has 0 saturated heterocycles. The zero-order chi connectivity index (χ0) is 16.2. The molecule has 1 N–H and O–H groups in total. The Hall–Kier alpha value is -2.75. The van der Waals surface area contributed by atoms with Crippen LogP contribution in [0.3, 0.4) is 0 Å². The number of benzene rings is 2. The Bertz CT molecular complexity index is 752. The van der Waals surface area contributed by atoms with E-state index in [1.807, 2.05) is 62.4 Å². The van der Waals surface area contributed by atoms with Crippen LogP contribution in [0.15, 0.2) is 48.5 Å². The van der Waals surface area contributed by atoms with Gasteiger partial charge in [-0.15, -0.1) is 0 Å². The fraction of sp³-hybridized carbons (Fsp3) is 0.211. The van der Waals surface area contributed by atoms with E-state index in [2.05, 4.69) is 5.32 Å². The van der Waals surface area contributed by atoms with Crippen molar-refractivity contribution in [1.82, 2.24) is 5.32 Å². The van der Waals surface area contributed by atoms with Crippen LogP contribution in [-0.4, -0.2) is 12.7 Å². The lowest BCUT2D eigenvalue weighted by atomic mass is 10.1. The summed E-state index contributed by atoms with van der Waals surface area (Å²) >= 11 is 0. The number of amides is 1. The van der Waals surface area contributed by atoms with E-state index in [0.717, 1.165) is 22.6 Å². The van der Waals surface area contributed by atoms with E-state index in [1.54, 1.807) is 6.08 Å². The molecule has 0 fully saturated rings. The molecule has 23 heavy (non-hydrogen) atoms. The van der Waals surface area contributed by atoms with Crippen molar-refractivity contribution in [2.75, 3.05) is 6.79 Å². The molecule has 2 aromatic carbocycles. The maximum Gasteiger partial charge on any atom is 0.244 e. The molecule has 1 atom stereocenters. The van der Waals surface area contributed by atoms with Crippen molar-refractivity contribution in [1.29, 1.82) is 0 Å². The molecular formula is C19H19NO3. The number of carbonyl (C=O) groups is 1. The van der Waals surface area contributed by atoms with E-state index in [-0.39, 0.29) is 18.7 Å². The Morgan fingerprint density at radius 1 is 1.17 bits per heavy atom. The molecule has 4 nitrogen and oxygen atoms in total. The van der Waals surface area contributed by atoms with E-state index < -0.39 is 0 Å². The fourth-order valence-electron chi connectivity index (χ4n) is 2.47. The van der Waals surface area contributed by atoms with Crippen molar-refractivity contribution in [2.45, 2.75) is 19.9 Å². The largest absolute Gasteiger partial charge is 0.454 e. The van der Waals surface area contributed by atoms with E-state index in [9.17, 15) is 4.79 Å². The lowest BCUT2D eigenvalue weighted by molar-refractivity contribution is -0.117. The van der Waals surface area contributed by atoms with Crippen molar-refractivity contribution < 1.29 is 14.3 Å². The molecule has 4 heteroatoms. The summed E-state index contributed by atoms with van der Waals surface area (Å²) in [7, 11) is 0. The average Bonchev–Trinajstić information content (AvgIpc) is 3.00. The third-order valence-corrected chi connectivity index (χ3v) is 3.72. The Morgan fingerprint density at radius 2 is 2.00 bits per heavy atom. The molecule has 2 aromatic rings. The highest BCUT2D eigenvalue weighted by Gasteiger charge is 2.16. The van der Waals surface area contributed by atoms with Crippen molar-refractivity contribution in [3.63, 3.8) is 0 Å². The molecule has 1 unspecified atom stereocenters. The van der Waals surface area contributed by atoms with Crippen molar-refractivity contribution in [3.05, 3.63) is 65.2 Å². The minimum Gasteiger partial charge on any atom is -0.454 e. The van der Waals surface area contributed by atoms with Crippen molar-refractivity contribution >= 4 is 12.0 Å². The number of fused-ring (bicyclic) bond motifs is 1. The third kappa shape index (κ3) is 3.72. The Morgan fingerprint density at radius 3 is 2.83 bits per heavy atom. The van der Waals surface area contributed by atoms with Crippen LogP contribution in [0, 0.1) is 6.92 Å². The van der Waals surface area contributed by atoms with E-state index in [4.69, 9.17) is 9.47 Å². The molecule has 1 aliphatic rings. The van der Waals surface area contributed by atoms with E-state index >= 15 is 0 Å². The second kappa shape index (κ2) is 6.57. The van der Waals surface area contributed by atoms with Gasteiger partial charge in [-0.05, 0) is 43.2 Å². The van der Waals surface area contributed by atoms with Gasteiger partial charge in [-0.2, -0.15) is 0 Å². The maximum absolute atomic E-state index is 12.1. The number of carbonyl (C=O) groups excluding carboxylic acids is 1. The Balaban J connectivity index is 1.63. The lowest BCUT2D eigenvalue weighted by Crippen LogP contribution is -2.24. The summed E-state index contributed by atoms with van der Waals surface area (Å²) in [6.45, 7) is 4.22. The third-order valence-electron chi connectivity index (χ3n) is 3.72. The van der Waals surface area contributed by atoms with Gasteiger partial charge in [0, 0.05) is 6.08 Å². The molecule has 3 rings (SSSR count). The van der Waals surface area contributed by atoms with Gasteiger partial charge in [0.1, 0.15) is 0 Å². The highest BCUT2D eigenvalue weighted by atomic mass is 16.7. The number of nitrogens with one attached hydrogen (secondary N) is 1. The first-order valence-corrected chi connectivity index (χ1v) is 7.56. The van der Waals surface area contributed by atoms with Gasteiger partial charge in [0.05, 0.1) is 6.04 Å². The molecule has 118 valence electrons. The van der Waals surface area contributed by atoms with Gasteiger partial charge in [-0.25, -0.2) is 0 Å². The summed E-state index contributed by atoms with van der Waals surface area (Å²) in [5, 5.41) is 2.95. The van der Waals surface area contributed by atoms with Crippen LogP contribution in [0.1, 0.15) is 29.7 Å². The SMILES string of the molecule is Cc1cccc(C=CC(=O)NC(C)c2ccc3c(c2)OCO3)c1. The molecule has 0 spiro atoms. The summed E-state index contributed by atoms with van der Waals surface area (Å²) < 4.78 is 10.7. The molecule has 0 saturated carbocycles. The van der Waals surface area contributed by atoms with Crippen LogP contribution in [0.25, 0.3) is 6.08 Å². The number of ether oxygens (including phenoxy) is 2. The van der Waals surface area contributed by atoms with Crippen LogP contribution in [0.5, 0.6) is 11.5 Å².